The summed E-state index contributed by atoms with van der Waals surface area (Å²) in [7, 11) is -3.71. The monoisotopic (exact) mass is 389 g/mol. The number of benzene rings is 2. The van der Waals surface area contributed by atoms with Crippen LogP contribution in [-0.2, 0) is 10.0 Å². The Bertz CT molecular complexity index is 810. The fourth-order valence-electron chi connectivity index (χ4n) is 1.82. The molecule has 0 atom stereocenters. The molecule has 0 aliphatic carbocycles. The van der Waals surface area contributed by atoms with Crippen LogP contribution in [0.5, 0.6) is 11.5 Å². The van der Waals surface area contributed by atoms with E-state index >= 15 is 0 Å². The van der Waals surface area contributed by atoms with Crippen molar-refractivity contribution >= 4 is 43.2 Å². The summed E-state index contributed by atoms with van der Waals surface area (Å²) in [5.41, 5.74) is 0.394. The van der Waals surface area contributed by atoms with E-state index in [2.05, 4.69) is 20.7 Å². The van der Waals surface area contributed by atoms with Crippen LogP contribution in [0.3, 0.4) is 0 Å². The van der Waals surface area contributed by atoms with E-state index in [1.807, 2.05) is 0 Å². The number of anilines is 1. The molecular weight excluding hydrogens is 382 g/mol. The normalized spacial score (nSPS) is 13.2. The quantitative estimate of drug-likeness (QED) is 0.869. The summed E-state index contributed by atoms with van der Waals surface area (Å²) in [6, 6.07) is 9.22. The lowest BCUT2D eigenvalue weighted by Gasteiger charge is -2.09. The highest BCUT2D eigenvalue weighted by molar-refractivity contribution is 9.10. The molecular formula is C13H9BrClNO4S. The Hall–Kier alpha value is -1.44. The first-order chi connectivity index (χ1) is 9.95. The molecule has 1 N–H and O–H groups in total. The van der Waals surface area contributed by atoms with E-state index in [0.29, 0.717) is 26.7 Å². The minimum atomic E-state index is -3.71. The summed E-state index contributed by atoms with van der Waals surface area (Å²) in [5.74, 6) is 1.10. The summed E-state index contributed by atoms with van der Waals surface area (Å²) in [6.45, 7) is 0.135. The van der Waals surface area contributed by atoms with Crippen LogP contribution in [0.2, 0.25) is 5.02 Å². The zero-order valence-electron chi connectivity index (χ0n) is 10.5. The summed E-state index contributed by atoms with van der Waals surface area (Å²) < 4.78 is 38.0. The second-order valence-corrected chi connectivity index (χ2v) is 7.19. The lowest BCUT2D eigenvalue weighted by molar-refractivity contribution is 0.174. The number of hydrogen-bond acceptors (Lipinski definition) is 4. The SMILES string of the molecule is O=S(=O)(Nc1ccc2c(c1)OCO2)c1ccc(Cl)c(Br)c1. The number of nitrogens with one attached hydrogen (secondary N) is 1. The summed E-state index contributed by atoms with van der Waals surface area (Å²) in [4.78, 5) is 0.108. The van der Waals surface area contributed by atoms with Crippen molar-refractivity contribution in [3.05, 3.63) is 45.9 Å². The van der Waals surface area contributed by atoms with Crippen LogP contribution < -0.4 is 14.2 Å². The maximum atomic E-state index is 12.3. The first-order valence-electron chi connectivity index (χ1n) is 5.83. The van der Waals surface area contributed by atoms with Gasteiger partial charge in [-0.2, -0.15) is 0 Å². The van der Waals surface area contributed by atoms with Crippen LogP contribution in [0.4, 0.5) is 5.69 Å². The van der Waals surface area contributed by atoms with Gasteiger partial charge in [0.15, 0.2) is 11.5 Å². The van der Waals surface area contributed by atoms with Crippen LogP contribution >= 0.6 is 27.5 Å². The topological polar surface area (TPSA) is 64.6 Å². The van der Waals surface area contributed by atoms with Crippen molar-refractivity contribution in [1.82, 2.24) is 0 Å². The summed E-state index contributed by atoms with van der Waals surface area (Å²) in [5, 5.41) is 0.442. The maximum Gasteiger partial charge on any atom is 0.261 e. The number of fused-ring (bicyclic) bond motifs is 1. The van der Waals surface area contributed by atoms with Gasteiger partial charge in [-0.1, -0.05) is 11.6 Å². The number of ether oxygens (including phenoxy) is 2. The second kappa shape index (κ2) is 5.40. The van der Waals surface area contributed by atoms with Gasteiger partial charge in [0.1, 0.15) is 0 Å². The van der Waals surface area contributed by atoms with E-state index in [1.54, 1.807) is 18.2 Å². The molecule has 1 aliphatic rings. The Morgan fingerprint density at radius 1 is 1.10 bits per heavy atom. The largest absolute Gasteiger partial charge is 0.454 e. The Morgan fingerprint density at radius 2 is 1.86 bits per heavy atom. The number of sulfonamides is 1. The molecule has 0 aromatic heterocycles. The molecule has 0 saturated heterocycles. The minimum absolute atomic E-state index is 0.108. The van der Waals surface area contributed by atoms with Gasteiger partial charge in [-0.15, -0.1) is 0 Å². The van der Waals surface area contributed by atoms with E-state index in [9.17, 15) is 8.42 Å². The van der Waals surface area contributed by atoms with Gasteiger partial charge in [-0.3, -0.25) is 4.72 Å². The van der Waals surface area contributed by atoms with Crippen molar-refractivity contribution in [2.24, 2.45) is 0 Å². The van der Waals surface area contributed by atoms with Gasteiger partial charge in [-0.05, 0) is 46.3 Å². The van der Waals surface area contributed by atoms with Crippen molar-refractivity contribution in [3.63, 3.8) is 0 Å². The summed E-state index contributed by atoms with van der Waals surface area (Å²) in [6.07, 6.45) is 0. The van der Waals surface area contributed by atoms with Crippen LogP contribution in [0.1, 0.15) is 0 Å². The highest BCUT2D eigenvalue weighted by Crippen LogP contribution is 2.35. The Balaban J connectivity index is 1.90. The molecule has 0 bridgehead atoms. The molecule has 0 fully saturated rings. The average Bonchev–Trinajstić information content (AvgIpc) is 2.88. The molecule has 0 unspecified atom stereocenters. The average molecular weight is 391 g/mol. The predicted octanol–water partition coefficient (Wildman–Crippen LogP) is 3.63. The predicted molar refractivity (Wildman–Crippen MR) is 82.5 cm³/mol. The van der Waals surface area contributed by atoms with E-state index in [4.69, 9.17) is 21.1 Å². The van der Waals surface area contributed by atoms with Crippen molar-refractivity contribution in [1.29, 1.82) is 0 Å². The van der Waals surface area contributed by atoms with E-state index in [-0.39, 0.29) is 11.7 Å². The third kappa shape index (κ3) is 2.95. The van der Waals surface area contributed by atoms with Gasteiger partial charge in [-0.25, -0.2) is 8.42 Å². The van der Waals surface area contributed by atoms with E-state index < -0.39 is 10.0 Å². The number of hydrogen-bond donors (Lipinski definition) is 1. The van der Waals surface area contributed by atoms with Gasteiger partial charge in [0.25, 0.3) is 10.0 Å². The standard InChI is InChI=1S/C13H9BrClNO4S/c14-10-6-9(2-3-11(10)15)21(17,18)16-8-1-4-12-13(5-8)20-7-19-12/h1-6,16H,7H2. The van der Waals surface area contributed by atoms with Gasteiger partial charge >= 0.3 is 0 Å². The fourth-order valence-corrected chi connectivity index (χ4v) is 3.54. The fraction of sp³-hybridized carbons (Fsp3) is 0.0769. The van der Waals surface area contributed by atoms with Crippen LogP contribution in [0.15, 0.2) is 45.8 Å². The summed E-state index contributed by atoms with van der Waals surface area (Å²) >= 11 is 9.07. The molecule has 8 heteroatoms. The number of halogens is 2. The first kappa shape index (κ1) is 14.5. The Kier molecular flexibility index (Phi) is 3.73. The maximum absolute atomic E-state index is 12.3. The van der Waals surface area contributed by atoms with E-state index in [1.165, 1.54) is 18.2 Å². The van der Waals surface area contributed by atoms with Crippen molar-refractivity contribution in [3.8, 4) is 11.5 Å². The van der Waals surface area contributed by atoms with Crippen molar-refractivity contribution in [2.45, 2.75) is 4.90 Å². The zero-order chi connectivity index (χ0) is 15.0. The molecule has 21 heavy (non-hydrogen) atoms. The Labute approximate surface area is 135 Å². The highest BCUT2D eigenvalue weighted by Gasteiger charge is 2.18. The van der Waals surface area contributed by atoms with Gasteiger partial charge < -0.3 is 9.47 Å². The molecule has 110 valence electrons. The molecule has 0 amide bonds. The molecule has 5 nitrogen and oxygen atoms in total. The third-order valence-corrected chi connectivity index (χ3v) is 5.42. The highest BCUT2D eigenvalue weighted by atomic mass is 79.9. The molecule has 2 aromatic carbocycles. The van der Waals surface area contributed by atoms with E-state index in [0.717, 1.165) is 0 Å². The lowest BCUT2D eigenvalue weighted by Crippen LogP contribution is -2.12. The van der Waals surface area contributed by atoms with Gasteiger partial charge in [0.2, 0.25) is 6.79 Å². The third-order valence-electron chi connectivity index (χ3n) is 2.83. The molecule has 1 aliphatic heterocycles. The van der Waals surface area contributed by atoms with Gasteiger partial charge in [0, 0.05) is 10.5 Å². The molecule has 1 heterocycles. The molecule has 3 rings (SSSR count). The van der Waals surface area contributed by atoms with Crippen LogP contribution in [0.25, 0.3) is 0 Å². The second-order valence-electron chi connectivity index (χ2n) is 4.25. The minimum Gasteiger partial charge on any atom is -0.454 e. The molecule has 0 saturated carbocycles. The zero-order valence-corrected chi connectivity index (χ0v) is 13.6. The molecule has 0 radical (unpaired) electrons. The number of rotatable bonds is 3. The van der Waals surface area contributed by atoms with Crippen LogP contribution in [-0.4, -0.2) is 15.2 Å². The van der Waals surface area contributed by atoms with Crippen molar-refractivity contribution in [2.75, 3.05) is 11.5 Å². The van der Waals surface area contributed by atoms with Crippen LogP contribution in [0, 0.1) is 0 Å². The first-order valence-corrected chi connectivity index (χ1v) is 8.49. The van der Waals surface area contributed by atoms with Crippen molar-refractivity contribution < 1.29 is 17.9 Å². The Morgan fingerprint density at radius 3 is 2.62 bits per heavy atom. The smallest absolute Gasteiger partial charge is 0.261 e. The van der Waals surface area contributed by atoms with Gasteiger partial charge in [0.05, 0.1) is 15.6 Å². The lowest BCUT2D eigenvalue weighted by atomic mass is 10.3. The molecule has 2 aromatic rings. The molecule has 0 spiro atoms.